The van der Waals surface area contributed by atoms with Gasteiger partial charge in [0.25, 0.3) is 11.8 Å². The van der Waals surface area contributed by atoms with Crippen molar-refractivity contribution in [3.8, 4) is 0 Å². The van der Waals surface area contributed by atoms with Crippen molar-refractivity contribution in [2.45, 2.75) is 26.2 Å². The Bertz CT molecular complexity index is 807. The van der Waals surface area contributed by atoms with Crippen molar-refractivity contribution in [2.75, 3.05) is 19.6 Å². The minimum absolute atomic E-state index is 0.123. The Kier molecular flexibility index (Phi) is 6.16. The third-order valence-corrected chi connectivity index (χ3v) is 4.80. The number of carbonyl (C=O) groups excluding carboxylic acids is 2. The van der Waals surface area contributed by atoms with E-state index < -0.39 is 0 Å². The molecule has 6 heteroatoms. The number of amides is 2. The van der Waals surface area contributed by atoms with Crippen molar-refractivity contribution in [2.24, 2.45) is 5.92 Å². The lowest BCUT2D eigenvalue weighted by atomic mass is 10.00. The first-order chi connectivity index (χ1) is 13.0. The maximum Gasteiger partial charge on any atom is 0.272 e. The fourth-order valence-corrected chi connectivity index (χ4v) is 3.30. The fraction of sp³-hybridized carbons (Fsp3) is 0.381. The quantitative estimate of drug-likeness (QED) is 0.881. The Hall–Kier alpha value is -2.76. The highest BCUT2D eigenvalue weighted by molar-refractivity contribution is 5.98. The summed E-state index contributed by atoms with van der Waals surface area (Å²) in [6, 6.07) is 9.35. The Morgan fingerprint density at radius 1 is 1.26 bits per heavy atom. The van der Waals surface area contributed by atoms with Gasteiger partial charge in [-0.3, -0.25) is 14.6 Å². The zero-order valence-electron chi connectivity index (χ0n) is 15.5. The molecule has 1 fully saturated rings. The van der Waals surface area contributed by atoms with E-state index in [4.69, 9.17) is 0 Å². The van der Waals surface area contributed by atoms with E-state index in [-0.39, 0.29) is 17.6 Å². The number of nitrogens with zero attached hydrogens (tertiary/aromatic N) is 2. The molecule has 1 aromatic carbocycles. The van der Waals surface area contributed by atoms with Gasteiger partial charge in [-0.1, -0.05) is 19.1 Å². The molecule has 1 aliphatic heterocycles. The van der Waals surface area contributed by atoms with Crippen LogP contribution in [0.25, 0.3) is 0 Å². The van der Waals surface area contributed by atoms with Gasteiger partial charge in [0.2, 0.25) is 0 Å². The smallest absolute Gasteiger partial charge is 0.272 e. The first-order valence-electron chi connectivity index (χ1n) is 9.31. The van der Waals surface area contributed by atoms with Gasteiger partial charge in [-0.25, -0.2) is 4.39 Å². The van der Waals surface area contributed by atoms with Crippen molar-refractivity contribution >= 4 is 11.8 Å². The molecule has 1 saturated heterocycles. The predicted octanol–water partition coefficient (Wildman–Crippen LogP) is 3.07. The number of pyridine rings is 1. The fourth-order valence-electron chi connectivity index (χ4n) is 3.30. The molecule has 1 aromatic heterocycles. The molecular formula is C21H24FN3O2. The van der Waals surface area contributed by atoms with E-state index in [0.29, 0.717) is 30.1 Å². The minimum atomic E-state index is -0.278. The molecular weight excluding hydrogens is 345 g/mol. The zero-order valence-corrected chi connectivity index (χ0v) is 15.5. The molecule has 1 N–H and O–H groups in total. The molecule has 5 nitrogen and oxygen atoms in total. The van der Waals surface area contributed by atoms with Crippen molar-refractivity contribution in [1.29, 1.82) is 0 Å². The molecule has 2 amide bonds. The second-order valence-corrected chi connectivity index (χ2v) is 7.06. The summed E-state index contributed by atoms with van der Waals surface area (Å²) in [7, 11) is 0. The second kappa shape index (κ2) is 8.75. The normalized spacial score (nSPS) is 16.8. The van der Waals surface area contributed by atoms with E-state index in [9.17, 15) is 14.0 Å². The monoisotopic (exact) mass is 369 g/mol. The highest BCUT2D eigenvalue weighted by Gasteiger charge is 2.23. The van der Waals surface area contributed by atoms with E-state index in [0.717, 1.165) is 31.5 Å². The molecule has 1 aliphatic rings. The summed E-state index contributed by atoms with van der Waals surface area (Å²) >= 11 is 0. The van der Waals surface area contributed by atoms with Crippen LogP contribution in [0.1, 0.15) is 46.2 Å². The zero-order chi connectivity index (χ0) is 19.2. The molecule has 1 atom stereocenters. The number of piperidine rings is 1. The first-order valence-corrected chi connectivity index (χ1v) is 9.31. The van der Waals surface area contributed by atoms with E-state index in [2.05, 4.69) is 17.2 Å². The molecule has 3 rings (SSSR count). The Morgan fingerprint density at radius 3 is 2.78 bits per heavy atom. The number of carbonyl (C=O) groups is 2. The van der Waals surface area contributed by atoms with Gasteiger partial charge in [0.15, 0.2) is 0 Å². The van der Waals surface area contributed by atoms with Gasteiger partial charge in [0.05, 0.1) is 0 Å². The van der Waals surface area contributed by atoms with Crippen LogP contribution < -0.4 is 5.32 Å². The lowest BCUT2D eigenvalue weighted by molar-refractivity contribution is 0.0677. The van der Waals surface area contributed by atoms with E-state index >= 15 is 0 Å². The largest absolute Gasteiger partial charge is 0.352 e. The molecule has 2 heterocycles. The first kappa shape index (κ1) is 19.0. The summed E-state index contributed by atoms with van der Waals surface area (Å²) < 4.78 is 12.9. The van der Waals surface area contributed by atoms with Crippen LogP contribution in [0, 0.1) is 11.7 Å². The number of benzene rings is 1. The van der Waals surface area contributed by atoms with Crippen molar-refractivity contribution in [3.05, 3.63) is 65.2 Å². The Labute approximate surface area is 158 Å². The number of nitrogens with one attached hydrogen (secondary N) is 1. The van der Waals surface area contributed by atoms with Gasteiger partial charge >= 0.3 is 0 Å². The third-order valence-electron chi connectivity index (χ3n) is 4.80. The topological polar surface area (TPSA) is 62.3 Å². The average molecular weight is 369 g/mol. The Balaban J connectivity index is 1.58. The maximum absolute atomic E-state index is 12.9. The van der Waals surface area contributed by atoms with Gasteiger partial charge in [-0.2, -0.15) is 0 Å². The summed E-state index contributed by atoms with van der Waals surface area (Å²) in [5.74, 6) is -0.163. The summed E-state index contributed by atoms with van der Waals surface area (Å²) in [5, 5.41) is 2.83. The number of aromatic nitrogens is 1. The van der Waals surface area contributed by atoms with E-state index in [1.54, 1.807) is 24.3 Å². The van der Waals surface area contributed by atoms with Crippen LogP contribution in [0.5, 0.6) is 0 Å². The number of hydrogen-bond donors (Lipinski definition) is 1. The molecule has 27 heavy (non-hydrogen) atoms. The van der Waals surface area contributed by atoms with Gasteiger partial charge in [0, 0.05) is 31.4 Å². The third kappa shape index (κ3) is 5.12. The average Bonchev–Trinajstić information content (AvgIpc) is 2.69. The van der Waals surface area contributed by atoms with Crippen molar-refractivity contribution in [1.82, 2.24) is 15.2 Å². The van der Waals surface area contributed by atoms with Gasteiger partial charge < -0.3 is 10.2 Å². The van der Waals surface area contributed by atoms with Crippen molar-refractivity contribution in [3.63, 3.8) is 0 Å². The molecule has 0 spiro atoms. The van der Waals surface area contributed by atoms with Crippen molar-refractivity contribution < 1.29 is 14.0 Å². The van der Waals surface area contributed by atoms with Crippen LogP contribution >= 0.6 is 0 Å². The SMILES string of the molecule is CC1CCCN(C(=O)c2cc(C(=O)NCCc3ccc(F)cc3)ccn2)C1. The summed E-state index contributed by atoms with van der Waals surface area (Å²) in [6.07, 6.45) is 4.23. The summed E-state index contributed by atoms with van der Waals surface area (Å²) in [4.78, 5) is 31.0. The molecule has 0 saturated carbocycles. The Morgan fingerprint density at radius 2 is 2.04 bits per heavy atom. The van der Waals surface area contributed by atoms with Gasteiger partial charge in [-0.15, -0.1) is 0 Å². The molecule has 142 valence electrons. The number of halogens is 1. The molecule has 0 bridgehead atoms. The maximum atomic E-state index is 12.9. The number of rotatable bonds is 5. The minimum Gasteiger partial charge on any atom is -0.352 e. The van der Waals surface area contributed by atoms with E-state index in [1.807, 2.05) is 4.90 Å². The van der Waals surface area contributed by atoms with Crippen LogP contribution in [-0.4, -0.2) is 41.3 Å². The lowest BCUT2D eigenvalue weighted by Gasteiger charge is -2.30. The highest BCUT2D eigenvalue weighted by Crippen LogP contribution is 2.17. The number of likely N-dealkylation sites (tertiary alicyclic amines) is 1. The molecule has 0 aliphatic carbocycles. The number of hydrogen-bond acceptors (Lipinski definition) is 3. The predicted molar refractivity (Wildman–Crippen MR) is 101 cm³/mol. The van der Waals surface area contributed by atoms with Crippen LogP contribution in [-0.2, 0) is 6.42 Å². The standard InChI is InChI=1S/C21H24FN3O2/c1-15-3-2-12-25(14-15)21(27)19-13-17(9-11-23-19)20(26)24-10-8-16-4-6-18(22)7-5-16/h4-7,9,11,13,15H,2-3,8,10,12,14H2,1H3,(H,24,26). The molecule has 2 aromatic rings. The highest BCUT2D eigenvalue weighted by atomic mass is 19.1. The van der Waals surface area contributed by atoms with Crippen LogP contribution in [0.4, 0.5) is 4.39 Å². The molecule has 1 unspecified atom stereocenters. The van der Waals surface area contributed by atoms with Gasteiger partial charge in [-0.05, 0) is 55.0 Å². The summed E-state index contributed by atoms with van der Waals surface area (Å²) in [5.41, 5.74) is 1.66. The lowest BCUT2D eigenvalue weighted by Crippen LogP contribution is -2.39. The molecule has 0 radical (unpaired) electrons. The van der Waals surface area contributed by atoms with E-state index in [1.165, 1.54) is 18.3 Å². The van der Waals surface area contributed by atoms with Crippen LogP contribution in [0.2, 0.25) is 0 Å². The van der Waals surface area contributed by atoms with Crippen LogP contribution in [0.3, 0.4) is 0 Å². The second-order valence-electron chi connectivity index (χ2n) is 7.06. The summed E-state index contributed by atoms with van der Waals surface area (Å²) in [6.45, 7) is 4.03. The van der Waals surface area contributed by atoms with Gasteiger partial charge in [0.1, 0.15) is 11.5 Å². The van der Waals surface area contributed by atoms with Crippen LogP contribution in [0.15, 0.2) is 42.6 Å².